The first-order chi connectivity index (χ1) is 8.69. The van der Waals surface area contributed by atoms with Crippen LogP contribution in [0.4, 0.5) is 5.69 Å². The van der Waals surface area contributed by atoms with Gasteiger partial charge in [0.05, 0.1) is 25.5 Å². The zero-order chi connectivity index (χ0) is 13.0. The number of hydrogen-bond acceptors (Lipinski definition) is 4. The van der Waals surface area contributed by atoms with Crippen molar-refractivity contribution in [3.8, 4) is 11.5 Å². The predicted octanol–water partition coefficient (Wildman–Crippen LogP) is 1.86. The van der Waals surface area contributed by atoms with Gasteiger partial charge in [0.1, 0.15) is 6.61 Å². The summed E-state index contributed by atoms with van der Waals surface area (Å²) in [5, 5.41) is 4.08. The highest BCUT2D eigenvalue weighted by Gasteiger charge is 2.04. The van der Waals surface area contributed by atoms with Crippen molar-refractivity contribution in [1.82, 2.24) is 9.78 Å². The summed E-state index contributed by atoms with van der Waals surface area (Å²) in [5.74, 6) is 1.48. The minimum Gasteiger partial charge on any atom is -0.493 e. The van der Waals surface area contributed by atoms with Crippen LogP contribution in [0.25, 0.3) is 0 Å². The van der Waals surface area contributed by atoms with Gasteiger partial charge in [0.2, 0.25) is 0 Å². The van der Waals surface area contributed by atoms with Crippen LogP contribution in [-0.2, 0) is 6.54 Å². The fraction of sp³-hybridized carbons (Fsp3) is 0.308. The number of rotatable bonds is 5. The van der Waals surface area contributed by atoms with Crippen LogP contribution in [0.1, 0.15) is 5.56 Å². The van der Waals surface area contributed by atoms with Gasteiger partial charge in [-0.2, -0.15) is 5.10 Å². The Morgan fingerprint density at radius 1 is 1.33 bits per heavy atom. The van der Waals surface area contributed by atoms with Gasteiger partial charge >= 0.3 is 0 Å². The summed E-state index contributed by atoms with van der Waals surface area (Å²) in [5.41, 5.74) is 7.37. The molecule has 0 aliphatic heterocycles. The summed E-state index contributed by atoms with van der Waals surface area (Å²) >= 11 is 0. The summed E-state index contributed by atoms with van der Waals surface area (Å²) in [6, 6.07) is 5.84. The lowest BCUT2D eigenvalue weighted by atomic mass is 10.2. The summed E-state index contributed by atoms with van der Waals surface area (Å²) < 4.78 is 12.7. The topological polar surface area (TPSA) is 62.3 Å². The molecule has 2 aromatic rings. The zero-order valence-corrected chi connectivity index (χ0v) is 10.6. The van der Waals surface area contributed by atoms with Crippen LogP contribution >= 0.6 is 0 Å². The standard InChI is InChI=1S/C13H17N3O2/c1-10-3-4-12(13(7-10)17-2)18-6-5-16-9-11(14)8-15-16/h3-4,7-9H,5-6,14H2,1-2H3. The second kappa shape index (κ2) is 5.44. The van der Waals surface area contributed by atoms with Crippen LogP contribution in [0.15, 0.2) is 30.6 Å². The lowest BCUT2D eigenvalue weighted by Gasteiger charge is -2.11. The van der Waals surface area contributed by atoms with Crippen molar-refractivity contribution >= 4 is 5.69 Å². The Labute approximate surface area is 106 Å². The first-order valence-electron chi connectivity index (χ1n) is 5.74. The Morgan fingerprint density at radius 2 is 2.17 bits per heavy atom. The average Bonchev–Trinajstić information content (AvgIpc) is 2.77. The van der Waals surface area contributed by atoms with Gasteiger partial charge in [0.25, 0.3) is 0 Å². The molecule has 96 valence electrons. The van der Waals surface area contributed by atoms with E-state index in [9.17, 15) is 0 Å². The SMILES string of the molecule is COc1cc(C)ccc1OCCn1cc(N)cn1. The number of methoxy groups -OCH3 is 1. The minimum atomic E-state index is 0.514. The van der Waals surface area contributed by atoms with E-state index >= 15 is 0 Å². The fourth-order valence-electron chi connectivity index (χ4n) is 1.65. The molecule has 1 heterocycles. The molecule has 2 N–H and O–H groups in total. The van der Waals surface area contributed by atoms with E-state index in [2.05, 4.69) is 5.10 Å². The number of nitrogens with two attached hydrogens (primary N) is 1. The van der Waals surface area contributed by atoms with Crippen LogP contribution in [0.5, 0.6) is 11.5 Å². The van der Waals surface area contributed by atoms with E-state index in [1.165, 1.54) is 0 Å². The fourth-order valence-corrected chi connectivity index (χ4v) is 1.65. The molecule has 0 amide bonds. The Hall–Kier alpha value is -2.17. The first-order valence-corrected chi connectivity index (χ1v) is 5.74. The van der Waals surface area contributed by atoms with Crippen LogP contribution in [0, 0.1) is 6.92 Å². The smallest absolute Gasteiger partial charge is 0.161 e. The molecule has 1 aromatic heterocycles. The van der Waals surface area contributed by atoms with Crippen molar-refractivity contribution < 1.29 is 9.47 Å². The Morgan fingerprint density at radius 3 is 2.83 bits per heavy atom. The third kappa shape index (κ3) is 2.94. The maximum absolute atomic E-state index is 5.67. The molecule has 0 spiro atoms. The average molecular weight is 247 g/mol. The van der Waals surface area contributed by atoms with Crippen LogP contribution in [-0.4, -0.2) is 23.5 Å². The molecule has 18 heavy (non-hydrogen) atoms. The molecule has 5 heteroatoms. The zero-order valence-electron chi connectivity index (χ0n) is 10.6. The van der Waals surface area contributed by atoms with Crippen LogP contribution < -0.4 is 15.2 Å². The first kappa shape index (κ1) is 12.3. The number of aromatic nitrogens is 2. The third-order valence-corrected chi connectivity index (χ3v) is 2.55. The van der Waals surface area contributed by atoms with E-state index in [1.807, 2.05) is 25.1 Å². The second-order valence-electron chi connectivity index (χ2n) is 4.04. The van der Waals surface area contributed by atoms with Gasteiger partial charge in [0, 0.05) is 6.20 Å². The van der Waals surface area contributed by atoms with Crippen molar-refractivity contribution in [2.24, 2.45) is 0 Å². The molecule has 0 saturated carbocycles. The van der Waals surface area contributed by atoms with E-state index in [1.54, 1.807) is 24.2 Å². The highest BCUT2D eigenvalue weighted by atomic mass is 16.5. The minimum absolute atomic E-state index is 0.514. The number of aryl methyl sites for hydroxylation is 1. The van der Waals surface area contributed by atoms with Gasteiger partial charge in [0.15, 0.2) is 11.5 Å². The number of benzene rings is 1. The third-order valence-electron chi connectivity index (χ3n) is 2.55. The number of nitrogens with zero attached hydrogens (tertiary/aromatic N) is 2. The molecular formula is C13H17N3O2. The molecule has 0 radical (unpaired) electrons. The highest BCUT2D eigenvalue weighted by molar-refractivity contribution is 5.42. The predicted molar refractivity (Wildman–Crippen MR) is 69.9 cm³/mol. The largest absolute Gasteiger partial charge is 0.493 e. The molecular weight excluding hydrogens is 230 g/mol. The van der Waals surface area contributed by atoms with Crippen molar-refractivity contribution in [2.75, 3.05) is 19.5 Å². The van der Waals surface area contributed by atoms with Crippen LogP contribution in [0.2, 0.25) is 0 Å². The molecule has 0 fully saturated rings. The van der Waals surface area contributed by atoms with Gasteiger partial charge in [-0.05, 0) is 24.6 Å². The van der Waals surface area contributed by atoms with Gasteiger partial charge < -0.3 is 15.2 Å². The van der Waals surface area contributed by atoms with E-state index in [-0.39, 0.29) is 0 Å². The number of ether oxygens (including phenoxy) is 2. The van der Waals surface area contributed by atoms with Gasteiger partial charge in [-0.25, -0.2) is 0 Å². The van der Waals surface area contributed by atoms with Gasteiger partial charge in [-0.1, -0.05) is 6.07 Å². The maximum atomic E-state index is 5.67. The van der Waals surface area contributed by atoms with Gasteiger partial charge in [-0.3, -0.25) is 4.68 Å². The summed E-state index contributed by atoms with van der Waals surface area (Å²) in [6.07, 6.45) is 3.39. The van der Waals surface area contributed by atoms with Crippen molar-refractivity contribution in [1.29, 1.82) is 0 Å². The lowest BCUT2D eigenvalue weighted by molar-refractivity contribution is 0.274. The lowest BCUT2D eigenvalue weighted by Crippen LogP contribution is -2.09. The molecule has 0 aliphatic rings. The number of anilines is 1. The molecule has 0 atom stereocenters. The van der Waals surface area contributed by atoms with Crippen molar-refractivity contribution in [3.63, 3.8) is 0 Å². The monoisotopic (exact) mass is 247 g/mol. The number of hydrogen-bond donors (Lipinski definition) is 1. The van der Waals surface area contributed by atoms with E-state index in [0.29, 0.717) is 18.8 Å². The Bertz CT molecular complexity index is 523. The maximum Gasteiger partial charge on any atom is 0.161 e. The van der Waals surface area contributed by atoms with E-state index < -0.39 is 0 Å². The van der Waals surface area contributed by atoms with E-state index in [4.69, 9.17) is 15.2 Å². The Kier molecular flexibility index (Phi) is 3.72. The quantitative estimate of drug-likeness (QED) is 0.876. The molecule has 2 rings (SSSR count). The van der Waals surface area contributed by atoms with Crippen LogP contribution in [0.3, 0.4) is 0 Å². The summed E-state index contributed by atoms with van der Waals surface area (Å²) in [6.45, 7) is 3.17. The molecule has 0 saturated heterocycles. The molecule has 0 bridgehead atoms. The molecule has 5 nitrogen and oxygen atoms in total. The second-order valence-corrected chi connectivity index (χ2v) is 4.04. The number of nitrogen functional groups attached to an aromatic ring is 1. The normalized spacial score (nSPS) is 10.3. The van der Waals surface area contributed by atoms with Crippen molar-refractivity contribution in [3.05, 3.63) is 36.2 Å². The van der Waals surface area contributed by atoms with Gasteiger partial charge in [-0.15, -0.1) is 0 Å². The molecule has 0 unspecified atom stereocenters. The molecule has 0 aliphatic carbocycles. The van der Waals surface area contributed by atoms with E-state index in [0.717, 1.165) is 17.1 Å². The summed E-state index contributed by atoms with van der Waals surface area (Å²) in [4.78, 5) is 0. The molecule has 1 aromatic carbocycles. The summed E-state index contributed by atoms with van der Waals surface area (Å²) in [7, 11) is 1.63. The Balaban J connectivity index is 1.94. The van der Waals surface area contributed by atoms with Crippen molar-refractivity contribution in [2.45, 2.75) is 13.5 Å². The highest BCUT2D eigenvalue weighted by Crippen LogP contribution is 2.27.